The van der Waals surface area contributed by atoms with Crippen LogP contribution >= 0.6 is 23.6 Å². The summed E-state index contributed by atoms with van der Waals surface area (Å²) in [6.45, 7) is 0.860. The Bertz CT molecular complexity index is 1050. The van der Waals surface area contributed by atoms with Gasteiger partial charge in [-0.3, -0.25) is 19.8 Å². The molecule has 0 saturated heterocycles. The molecule has 2 aromatic heterocycles. The number of carbonyl (C=O) groups excluding carboxylic acids is 2. The van der Waals surface area contributed by atoms with Crippen LogP contribution in [0.5, 0.6) is 0 Å². The number of aromatic nitrogens is 3. The van der Waals surface area contributed by atoms with Gasteiger partial charge in [0.2, 0.25) is 5.91 Å². The first-order valence-electron chi connectivity index (χ1n) is 9.08. The van der Waals surface area contributed by atoms with Crippen molar-refractivity contribution in [3.05, 3.63) is 46.5 Å². The lowest BCUT2D eigenvalue weighted by Gasteiger charge is -2.10. The second kappa shape index (κ2) is 10.7. The first-order valence-corrected chi connectivity index (χ1v) is 10.4. The van der Waals surface area contributed by atoms with Crippen LogP contribution in [-0.2, 0) is 20.8 Å². The third-order valence-corrected chi connectivity index (χ3v) is 5.15. The summed E-state index contributed by atoms with van der Waals surface area (Å²) in [5.41, 5.74) is 1.07. The Morgan fingerprint density at radius 1 is 1.20 bits per heavy atom. The zero-order valence-corrected chi connectivity index (χ0v) is 17.8. The van der Waals surface area contributed by atoms with Crippen LogP contribution in [0.2, 0.25) is 0 Å². The Morgan fingerprint density at radius 2 is 2.00 bits per heavy atom. The lowest BCUT2D eigenvalue weighted by Crippen LogP contribution is -2.17. The van der Waals surface area contributed by atoms with Gasteiger partial charge in [-0.1, -0.05) is 12.1 Å². The molecule has 0 atom stereocenters. The van der Waals surface area contributed by atoms with Gasteiger partial charge in [0.15, 0.2) is 10.6 Å². The van der Waals surface area contributed by atoms with Gasteiger partial charge in [-0.2, -0.15) is 5.10 Å². The molecule has 0 aliphatic carbocycles. The molecule has 11 heteroatoms. The smallest absolute Gasteiger partial charge is 0.411 e. The van der Waals surface area contributed by atoms with Crippen LogP contribution in [0.15, 0.2) is 41.8 Å². The van der Waals surface area contributed by atoms with Crippen LogP contribution in [-0.4, -0.2) is 47.1 Å². The first kappa shape index (κ1) is 21.7. The van der Waals surface area contributed by atoms with E-state index in [4.69, 9.17) is 21.7 Å². The Hall–Kier alpha value is -3.02. The largest absolute Gasteiger partial charge is 0.447 e. The van der Waals surface area contributed by atoms with E-state index in [0.717, 1.165) is 4.88 Å². The molecular formula is C19H21N5O4S2. The topological polar surface area (TPSA) is 110 Å². The number of hydrogen-bond acceptors (Lipinski definition) is 7. The summed E-state index contributed by atoms with van der Waals surface area (Å²) in [7, 11) is 1.52. The lowest BCUT2D eigenvalue weighted by molar-refractivity contribution is -0.116. The molecule has 0 bridgehead atoms. The highest BCUT2D eigenvalue weighted by molar-refractivity contribution is 7.71. The van der Waals surface area contributed by atoms with Crippen LogP contribution in [0.4, 0.5) is 16.2 Å². The molecular weight excluding hydrogens is 426 g/mol. The predicted octanol–water partition coefficient (Wildman–Crippen LogP) is 3.89. The average Bonchev–Trinajstić information content (AvgIpc) is 3.36. The summed E-state index contributed by atoms with van der Waals surface area (Å²) in [6, 6.07) is 10.7. The molecule has 0 radical (unpaired) electrons. The van der Waals surface area contributed by atoms with Crippen molar-refractivity contribution in [1.82, 2.24) is 14.8 Å². The molecule has 0 aliphatic heterocycles. The van der Waals surface area contributed by atoms with E-state index in [0.29, 0.717) is 35.1 Å². The molecule has 0 aliphatic rings. The lowest BCUT2D eigenvalue weighted by atomic mass is 10.2. The number of H-pyrrole nitrogens is 1. The van der Waals surface area contributed by atoms with E-state index in [2.05, 4.69) is 20.8 Å². The van der Waals surface area contributed by atoms with E-state index in [1.54, 1.807) is 40.2 Å². The number of nitrogens with zero attached hydrogens (tertiary/aromatic N) is 2. The maximum absolute atomic E-state index is 12.4. The summed E-state index contributed by atoms with van der Waals surface area (Å²) in [6.07, 6.45) is -0.380. The predicted molar refractivity (Wildman–Crippen MR) is 117 cm³/mol. The molecule has 1 aromatic carbocycles. The van der Waals surface area contributed by atoms with E-state index in [1.807, 2.05) is 17.5 Å². The minimum absolute atomic E-state index is 0.155. The second-order valence-corrected chi connectivity index (χ2v) is 7.45. The average molecular weight is 448 g/mol. The number of methoxy groups -OCH3 is 1. The molecule has 3 N–H and O–H groups in total. The minimum Gasteiger partial charge on any atom is -0.447 e. The fraction of sp³-hybridized carbons (Fsp3) is 0.263. The molecule has 3 rings (SSSR count). The van der Waals surface area contributed by atoms with Gasteiger partial charge in [0, 0.05) is 31.5 Å². The van der Waals surface area contributed by atoms with Crippen molar-refractivity contribution in [2.45, 2.75) is 13.0 Å². The number of amides is 2. The van der Waals surface area contributed by atoms with Crippen molar-refractivity contribution < 1.29 is 19.1 Å². The zero-order valence-electron chi connectivity index (χ0n) is 16.2. The standard InChI is InChI=1S/C19H21N5O4S2/c1-27-9-10-28-19(26)21-14-5-2-4-13(12-14)20-16(25)7-8-24-17(22-23-18(24)29)15-6-3-11-30-15/h2-6,11-12H,7-10H2,1H3,(H,20,25)(H,21,26)(H,23,29). The highest BCUT2D eigenvalue weighted by atomic mass is 32.1. The van der Waals surface area contributed by atoms with Gasteiger partial charge in [-0.25, -0.2) is 4.79 Å². The van der Waals surface area contributed by atoms with Crippen LogP contribution in [0, 0.1) is 4.77 Å². The summed E-state index contributed by atoms with van der Waals surface area (Å²) in [5.74, 6) is 0.524. The molecule has 158 valence electrons. The number of benzene rings is 1. The molecule has 0 spiro atoms. The number of rotatable bonds is 9. The van der Waals surface area contributed by atoms with Gasteiger partial charge in [0.25, 0.3) is 0 Å². The van der Waals surface area contributed by atoms with Crippen molar-refractivity contribution in [2.24, 2.45) is 0 Å². The number of carbonyl (C=O) groups is 2. The van der Waals surface area contributed by atoms with Gasteiger partial charge in [0.05, 0.1) is 11.5 Å². The Balaban J connectivity index is 1.55. The fourth-order valence-electron chi connectivity index (χ4n) is 2.60. The number of nitrogens with one attached hydrogen (secondary N) is 3. The van der Waals surface area contributed by atoms with Gasteiger partial charge < -0.3 is 14.8 Å². The fourth-order valence-corrected chi connectivity index (χ4v) is 3.55. The minimum atomic E-state index is -0.592. The molecule has 2 heterocycles. The number of ether oxygens (including phenoxy) is 2. The van der Waals surface area contributed by atoms with Gasteiger partial charge in [-0.05, 0) is 41.9 Å². The molecule has 30 heavy (non-hydrogen) atoms. The number of aromatic amines is 1. The van der Waals surface area contributed by atoms with Crippen LogP contribution in [0.3, 0.4) is 0 Å². The van der Waals surface area contributed by atoms with Crippen molar-refractivity contribution in [3.8, 4) is 10.7 Å². The molecule has 9 nitrogen and oxygen atoms in total. The number of thiophene rings is 1. The maximum Gasteiger partial charge on any atom is 0.411 e. The monoisotopic (exact) mass is 447 g/mol. The van der Waals surface area contributed by atoms with Crippen molar-refractivity contribution >= 4 is 46.9 Å². The van der Waals surface area contributed by atoms with Crippen molar-refractivity contribution in [2.75, 3.05) is 31.0 Å². The van der Waals surface area contributed by atoms with Crippen LogP contribution in [0.25, 0.3) is 10.7 Å². The van der Waals surface area contributed by atoms with E-state index in [9.17, 15) is 9.59 Å². The quantitative estimate of drug-likeness (QED) is 0.339. The van der Waals surface area contributed by atoms with Gasteiger partial charge in [0.1, 0.15) is 6.61 Å². The zero-order chi connectivity index (χ0) is 21.3. The second-order valence-electron chi connectivity index (χ2n) is 6.11. The molecule has 0 unspecified atom stereocenters. The maximum atomic E-state index is 12.4. The molecule has 0 saturated carbocycles. The summed E-state index contributed by atoms with van der Waals surface area (Å²) >= 11 is 6.83. The molecule has 0 fully saturated rings. The summed E-state index contributed by atoms with van der Waals surface area (Å²) < 4.78 is 12.0. The van der Waals surface area contributed by atoms with E-state index < -0.39 is 6.09 Å². The van der Waals surface area contributed by atoms with Crippen LogP contribution < -0.4 is 10.6 Å². The highest BCUT2D eigenvalue weighted by Gasteiger charge is 2.12. The first-order chi connectivity index (χ1) is 14.6. The van der Waals surface area contributed by atoms with Gasteiger partial charge in [-0.15, -0.1) is 11.3 Å². The summed E-state index contributed by atoms with van der Waals surface area (Å²) in [5, 5.41) is 14.4. The third kappa shape index (κ3) is 5.99. The summed E-state index contributed by atoms with van der Waals surface area (Å²) in [4.78, 5) is 25.1. The van der Waals surface area contributed by atoms with E-state index >= 15 is 0 Å². The van der Waals surface area contributed by atoms with E-state index in [1.165, 1.54) is 7.11 Å². The Labute approximate surface area is 182 Å². The van der Waals surface area contributed by atoms with E-state index in [-0.39, 0.29) is 18.9 Å². The van der Waals surface area contributed by atoms with Gasteiger partial charge >= 0.3 is 6.09 Å². The Morgan fingerprint density at radius 3 is 2.73 bits per heavy atom. The third-order valence-electron chi connectivity index (χ3n) is 3.98. The molecule has 2 amide bonds. The number of anilines is 2. The molecule has 3 aromatic rings. The Kier molecular flexibility index (Phi) is 7.71. The number of hydrogen-bond donors (Lipinski definition) is 3. The van der Waals surface area contributed by atoms with Crippen molar-refractivity contribution in [3.63, 3.8) is 0 Å². The van der Waals surface area contributed by atoms with Crippen molar-refractivity contribution in [1.29, 1.82) is 0 Å². The SMILES string of the molecule is COCCOC(=O)Nc1cccc(NC(=O)CCn2c(-c3cccs3)n[nH]c2=S)c1. The highest BCUT2D eigenvalue weighted by Crippen LogP contribution is 2.23. The normalized spacial score (nSPS) is 10.6. The van der Waals surface area contributed by atoms with Crippen LogP contribution in [0.1, 0.15) is 6.42 Å².